The summed E-state index contributed by atoms with van der Waals surface area (Å²) in [5.41, 5.74) is 0. The van der Waals surface area contributed by atoms with Crippen LogP contribution in [0.2, 0.25) is 0 Å². The van der Waals surface area contributed by atoms with Crippen LogP contribution in [-0.2, 0) is 14.3 Å². The summed E-state index contributed by atoms with van der Waals surface area (Å²) in [6, 6.07) is 0. The van der Waals surface area contributed by atoms with Crippen LogP contribution < -0.4 is 0 Å². The van der Waals surface area contributed by atoms with E-state index in [2.05, 4.69) is 9.47 Å². The van der Waals surface area contributed by atoms with E-state index < -0.39 is 18.5 Å². The average Bonchev–Trinajstić information content (AvgIpc) is 2.05. The second-order valence-corrected chi connectivity index (χ2v) is 2.45. The number of esters is 1. The van der Waals surface area contributed by atoms with Gasteiger partial charge in [-0.15, -0.1) is 0 Å². The molecule has 1 unspecified atom stereocenters. The minimum atomic E-state index is -2.56. The van der Waals surface area contributed by atoms with Gasteiger partial charge in [-0.3, -0.25) is 4.79 Å². The molecule has 0 aliphatic heterocycles. The highest BCUT2D eigenvalue weighted by Gasteiger charge is 2.20. The van der Waals surface area contributed by atoms with E-state index in [0.29, 0.717) is 0 Å². The Balaban J connectivity index is 3.65. The summed E-state index contributed by atoms with van der Waals surface area (Å²) < 4.78 is 33.2. The Morgan fingerprint density at radius 3 is 2.46 bits per heavy atom. The number of methoxy groups -OCH3 is 1. The second kappa shape index (κ2) is 6.77. The summed E-state index contributed by atoms with van der Waals surface area (Å²) in [6.07, 6.45) is -3.77. The normalized spacial score (nSPS) is 13.0. The van der Waals surface area contributed by atoms with Crippen LogP contribution in [0, 0.1) is 0 Å². The smallest absolute Gasteiger partial charge is 0.305 e. The van der Waals surface area contributed by atoms with E-state index in [9.17, 15) is 13.6 Å². The van der Waals surface area contributed by atoms with E-state index in [4.69, 9.17) is 0 Å². The van der Waals surface area contributed by atoms with Crippen molar-refractivity contribution in [2.75, 3.05) is 13.7 Å². The minimum absolute atomic E-state index is 0.00694. The van der Waals surface area contributed by atoms with Crippen molar-refractivity contribution in [1.29, 1.82) is 0 Å². The molecule has 0 aliphatic rings. The summed E-state index contributed by atoms with van der Waals surface area (Å²) >= 11 is 0. The fourth-order valence-electron chi connectivity index (χ4n) is 0.840. The van der Waals surface area contributed by atoms with E-state index in [1.54, 1.807) is 6.92 Å². The number of alkyl halides is 2. The SMILES string of the molecule is CCOC(=O)CCC(OC)C(F)F. The summed E-state index contributed by atoms with van der Waals surface area (Å²) in [6.45, 7) is 1.93. The van der Waals surface area contributed by atoms with Crippen LogP contribution in [0.15, 0.2) is 0 Å². The maximum absolute atomic E-state index is 12.1. The van der Waals surface area contributed by atoms with Crippen molar-refractivity contribution in [2.24, 2.45) is 0 Å². The highest BCUT2D eigenvalue weighted by molar-refractivity contribution is 5.69. The van der Waals surface area contributed by atoms with Crippen LogP contribution in [0.5, 0.6) is 0 Å². The van der Waals surface area contributed by atoms with Crippen LogP contribution in [0.25, 0.3) is 0 Å². The standard InChI is InChI=1S/C8H14F2O3/c1-3-13-7(11)5-4-6(12-2)8(9)10/h6,8H,3-5H2,1-2H3. The van der Waals surface area contributed by atoms with Gasteiger partial charge in [-0.2, -0.15) is 0 Å². The Bertz CT molecular complexity index is 150. The van der Waals surface area contributed by atoms with E-state index in [1.165, 1.54) is 7.11 Å². The molecule has 0 heterocycles. The lowest BCUT2D eigenvalue weighted by atomic mass is 10.2. The van der Waals surface area contributed by atoms with Gasteiger partial charge in [0.25, 0.3) is 6.43 Å². The number of carbonyl (C=O) groups excluding carboxylic acids is 1. The molecule has 0 saturated carbocycles. The number of halogens is 2. The van der Waals surface area contributed by atoms with Crippen molar-refractivity contribution >= 4 is 5.97 Å². The number of rotatable bonds is 6. The molecule has 0 aromatic carbocycles. The lowest BCUT2D eigenvalue weighted by Gasteiger charge is -2.12. The van der Waals surface area contributed by atoms with Gasteiger partial charge in [0.2, 0.25) is 0 Å². The van der Waals surface area contributed by atoms with Gasteiger partial charge >= 0.3 is 5.97 Å². The Hall–Kier alpha value is -0.710. The fraction of sp³-hybridized carbons (Fsp3) is 0.875. The Morgan fingerprint density at radius 1 is 1.46 bits per heavy atom. The van der Waals surface area contributed by atoms with Crippen LogP contribution in [0.4, 0.5) is 8.78 Å². The van der Waals surface area contributed by atoms with Gasteiger partial charge in [-0.25, -0.2) is 8.78 Å². The Kier molecular flexibility index (Phi) is 6.40. The van der Waals surface area contributed by atoms with Crippen molar-refractivity contribution in [3.8, 4) is 0 Å². The predicted octanol–water partition coefficient (Wildman–Crippen LogP) is 1.61. The van der Waals surface area contributed by atoms with Crippen molar-refractivity contribution in [3.05, 3.63) is 0 Å². The van der Waals surface area contributed by atoms with Gasteiger partial charge in [0.05, 0.1) is 6.61 Å². The molecule has 0 rings (SSSR count). The second-order valence-electron chi connectivity index (χ2n) is 2.45. The zero-order valence-electron chi connectivity index (χ0n) is 7.76. The molecule has 5 heteroatoms. The van der Waals surface area contributed by atoms with Gasteiger partial charge in [0.1, 0.15) is 6.10 Å². The number of ether oxygens (including phenoxy) is 2. The first-order valence-electron chi connectivity index (χ1n) is 4.08. The third-order valence-corrected chi connectivity index (χ3v) is 1.52. The highest BCUT2D eigenvalue weighted by Crippen LogP contribution is 2.11. The van der Waals surface area contributed by atoms with Gasteiger partial charge in [0, 0.05) is 13.5 Å². The van der Waals surface area contributed by atoms with Crippen molar-refractivity contribution < 1.29 is 23.0 Å². The molecule has 0 aromatic heterocycles. The molecule has 1 atom stereocenters. The molecule has 78 valence electrons. The largest absolute Gasteiger partial charge is 0.466 e. The van der Waals surface area contributed by atoms with Gasteiger partial charge in [-0.05, 0) is 13.3 Å². The first-order valence-corrected chi connectivity index (χ1v) is 4.08. The minimum Gasteiger partial charge on any atom is -0.466 e. The summed E-state index contributed by atoms with van der Waals surface area (Å²) in [5, 5.41) is 0. The van der Waals surface area contributed by atoms with Crippen molar-refractivity contribution in [2.45, 2.75) is 32.3 Å². The van der Waals surface area contributed by atoms with Crippen LogP contribution in [0.3, 0.4) is 0 Å². The molecule has 13 heavy (non-hydrogen) atoms. The topological polar surface area (TPSA) is 35.5 Å². The average molecular weight is 196 g/mol. The molecular formula is C8H14F2O3. The van der Waals surface area contributed by atoms with Crippen molar-refractivity contribution in [1.82, 2.24) is 0 Å². The highest BCUT2D eigenvalue weighted by atomic mass is 19.3. The Morgan fingerprint density at radius 2 is 2.08 bits per heavy atom. The molecule has 0 spiro atoms. The molecule has 3 nitrogen and oxygen atoms in total. The monoisotopic (exact) mass is 196 g/mol. The molecule has 0 saturated heterocycles. The Labute approximate surface area is 76.0 Å². The molecular weight excluding hydrogens is 182 g/mol. The molecule has 0 bridgehead atoms. The lowest BCUT2D eigenvalue weighted by molar-refractivity contribution is -0.144. The lowest BCUT2D eigenvalue weighted by Crippen LogP contribution is -2.22. The van der Waals surface area contributed by atoms with Gasteiger partial charge in [0.15, 0.2) is 0 Å². The first kappa shape index (κ1) is 12.3. The molecule has 0 fully saturated rings. The summed E-state index contributed by atoms with van der Waals surface area (Å²) in [4.78, 5) is 10.8. The van der Waals surface area contributed by atoms with Gasteiger partial charge < -0.3 is 9.47 Å². The predicted molar refractivity (Wildman–Crippen MR) is 42.7 cm³/mol. The van der Waals surface area contributed by atoms with Crippen LogP contribution >= 0.6 is 0 Å². The fourth-order valence-corrected chi connectivity index (χ4v) is 0.840. The maximum Gasteiger partial charge on any atom is 0.305 e. The number of hydrogen-bond donors (Lipinski definition) is 0. The quantitative estimate of drug-likeness (QED) is 0.605. The molecule has 0 N–H and O–H groups in total. The molecule has 0 amide bonds. The van der Waals surface area contributed by atoms with Gasteiger partial charge in [-0.1, -0.05) is 0 Å². The zero-order valence-corrected chi connectivity index (χ0v) is 7.76. The van der Waals surface area contributed by atoms with Crippen LogP contribution in [-0.4, -0.2) is 32.2 Å². The summed E-state index contributed by atoms with van der Waals surface area (Å²) in [7, 11) is 1.20. The molecule has 0 radical (unpaired) electrons. The molecule has 0 aromatic rings. The van der Waals surface area contributed by atoms with E-state index in [-0.39, 0.29) is 19.4 Å². The van der Waals surface area contributed by atoms with Crippen LogP contribution in [0.1, 0.15) is 19.8 Å². The first-order chi connectivity index (χ1) is 6.11. The summed E-state index contributed by atoms with van der Waals surface area (Å²) in [5.74, 6) is -0.467. The number of carbonyl (C=O) groups is 1. The molecule has 0 aliphatic carbocycles. The van der Waals surface area contributed by atoms with Crippen molar-refractivity contribution in [3.63, 3.8) is 0 Å². The van der Waals surface area contributed by atoms with E-state index >= 15 is 0 Å². The third-order valence-electron chi connectivity index (χ3n) is 1.52. The maximum atomic E-state index is 12.1. The third kappa shape index (κ3) is 5.52. The zero-order chi connectivity index (χ0) is 10.3. The van der Waals surface area contributed by atoms with E-state index in [0.717, 1.165) is 0 Å². The number of hydrogen-bond acceptors (Lipinski definition) is 3. The van der Waals surface area contributed by atoms with E-state index in [1.807, 2.05) is 0 Å².